The van der Waals surface area contributed by atoms with E-state index in [0.29, 0.717) is 11.5 Å². The van der Waals surface area contributed by atoms with Gasteiger partial charge in [-0.15, -0.1) is 0 Å². The third kappa shape index (κ3) is 9.84. The standard InChI is InChI=1S/C24H32O8S2/c1-3-23(19-7-11-21(12-8-19)31-15-5-17-33(25,26)27)24(4-2)20-9-13-22(14-10-20)32-16-6-18-34(28,29)30/h7-14H,3-6,15-18H2,1-2H3,(H,25,26,27)(H,28,29,30)/b24-23+. The fourth-order valence-corrected chi connectivity index (χ4v) is 4.52. The lowest BCUT2D eigenvalue weighted by Gasteiger charge is -2.15. The second-order valence-corrected chi connectivity index (χ2v) is 10.8. The Morgan fingerprint density at radius 1 is 0.647 bits per heavy atom. The van der Waals surface area contributed by atoms with Crippen LogP contribution in [0.15, 0.2) is 48.5 Å². The maximum atomic E-state index is 10.8. The van der Waals surface area contributed by atoms with Crippen molar-refractivity contribution in [2.75, 3.05) is 24.7 Å². The molecule has 0 aliphatic carbocycles. The van der Waals surface area contributed by atoms with Crippen LogP contribution in [0.4, 0.5) is 0 Å². The van der Waals surface area contributed by atoms with Crippen molar-refractivity contribution >= 4 is 31.4 Å². The molecule has 0 aliphatic rings. The van der Waals surface area contributed by atoms with Gasteiger partial charge in [-0.1, -0.05) is 38.1 Å². The lowest BCUT2D eigenvalue weighted by Crippen LogP contribution is -2.08. The first-order valence-electron chi connectivity index (χ1n) is 11.1. The minimum atomic E-state index is -3.98. The Balaban J connectivity index is 2.07. The van der Waals surface area contributed by atoms with Crippen LogP contribution in [0.3, 0.4) is 0 Å². The van der Waals surface area contributed by atoms with Crippen molar-refractivity contribution in [3.8, 4) is 11.5 Å². The first-order valence-corrected chi connectivity index (χ1v) is 14.3. The first-order chi connectivity index (χ1) is 16.0. The van der Waals surface area contributed by atoms with Gasteiger partial charge in [0.25, 0.3) is 20.2 Å². The molecule has 0 amide bonds. The van der Waals surface area contributed by atoms with Gasteiger partial charge in [-0.3, -0.25) is 9.11 Å². The van der Waals surface area contributed by atoms with Gasteiger partial charge in [0.05, 0.1) is 24.7 Å². The molecule has 2 aromatic rings. The number of allylic oxidation sites excluding steroid dienone is 2. The highest BCUT2D eigenvalue weighted by molar-refractivity contribution is 7.86. The van der Waals surface area contributed by atoms with Crippen molar-refractivity contribution in [3.63, 3.8) is 0 Å². The van der Waals surface area contributed by atoms with E-state index in [4.69, 9.17) is 18.6 Å². The Labute approximate surface area is 202 Å². The van der Waals surface area contributed by atoms with Crippen LogP contribution in [0.5, 0.6) is 11.5 Å². The summed E-state index contributed by atoms with van der Waals surface area (Å²) in [6.07, 6.45) is 2.07. The predicted molar refractivity (Wildman–Crippen MR) is 133 cm³/mol. The third-order valence-electron chi connectivity index (χ3n) is 5.11. The third-order valence-corrected chi connectivity index (χ3v) is 6.72. The van der Waals surface area contributed by atoms with Crippen LogP contribution in [-0.2, 0) is 20.2 Å². The van der Waals surface area contributed by atoms with E-state index in [1.54, 1.807) is 0 Å². The average molecular weight is 513 g/mol. The summed E-state index contributed by atoms with van der Waals surface area (Å²) < 4.78 is 71.8. The Morgan fingerprint density at radius 3 is 1.24 bits per heavy atom. The summed E-state index contributed by atoms with van der Waals surface area (Å²) in [7, 11) is -7.96. The van der Waals surface area contributed by atoms with Crippen LogP contribution in [0, 0.1) is 0 Å². The van der Waals surface area contributed by atoms with Gasteiger partial charge in [0, 0.05) is 0 Å². The van der Waals surface area contributed by atoms with Gasteiger partial charge in [-0.05, 0) is 72.2 Å². The van der Waals surface area contributed by atoms with E-state index in [9.17, 15) is 16.8 Å². The molecule has 34 heavy (non-hydrogen) atoms. The van der Waals surface area contributed by atoms with Gasteiger partial charge in [-0.2, -0.15) is 16.8 Å². The van der Waals surface area contributed by atoms with E-state index in [0.717, 1.165) is 24.0 Å². The topological polar surface area (TPSA) is 127 Å². The minimum absolute atomic E-state index is 0.194. The number of hydrogen-bond acceptors (Lipinski definition) is 6. The Kier molecular flexibility index (Phi) is 10.6. The zero-order valence-electron chi connectivity index (χ0n) is 19.4. The van der Waals surface area contributed by atoms with E-state index in [1.807, 2.05) is 48.5 Å². The Morgan fingerprint density at radius 2 is 0.971 bits per heavy atom. The van der Waals surface area contributed by atoms with E-state index in [1.165, 1.54) is 11.1 Å². The maximum Gasteiger partial charge on any atom is 0.264 e. The second kappa shape index (κ2) is 12.9. The highest BCUT2D eigenvalue weighted by Crippen LogP contribution is 2.33. The molecule has 0 aromatic heterocycles. The van der Waals surface area contributed by atoms with Gasteiger partial charge in [-0.25, -0.2) is 0 Å². The summed E-state index contributed by atoms with van der Waals surface area (Å²) in [6, 6.07) is 15.3. The van der Waals surface area contributed by atoms with Crippen LogP contribution in [0.1, 0.15) is 50.7 Å². The van der Waals surface area contributed by atoms with E-state index < -0.39 is 20.2 Å². The largest absolute Gasteiger partial charge is 0.494 e. The number of ether oxygens (including phenoxy) is 2. The zero-order chi connectivity index (χ0) is 25.2. The molecule has 2 rings (SSSR count). The number of rotatable bonds is 14. The van der Waals surface area contributed by atoms with Crippen LogP contribution < -0.4 is 9.47 Å². The molecule has 0 saturated carbocycles. The molecule has 8 nitrogen and oxygen atoms in total. The molecule has 188 valence electrons. The van der Waals surface area contributed by atoms with Crippen LogP contribution in [0.25, 0.3) is 11.1 Å². The summed E-state index contributed by atoms with van der Waals surface area (Å²) in [5.74, 6) is 0.593. The Hall–Kier alpha value is -2.40. The molecule has 0 spiro atoms. The lowest BCUT2D eigenvalue weighted by molar-refractivity contribution is 0.316. The van der Waals surface area contributed by atoms with Gasteiger partial charge >= 0.3 is 0 Å². The smallest absolute Gasteiger partial charge is 0.264 e. The van der Waals surface area contributed by atoms with Crippen molar-refractivity contribution < 1.29 is 35.4 Å². The molecule has 0 atom stereocenters. The lowest BCUT2D eigenvalue weighted by atomic mass is 9.91. The predicted octanol–water partition coefficient (Wildman–Crippen LogP) is 4.73. The van der Waals surface area contributed by atoms with Crippen molar-refractivity contribution in [2.45, 2.75) is 39.5 Å². The average Bonchev–Trinajstić information content (AvgIpc) is 2.78. The number of benzene rings is 2. The molecule has 0 bridgehead atoms. The molecule has 0 aliphatic heterocycles. The fraction of sp³-hybridized carbons (Fsp3) is 0.417. The maximum absolute atomic E-state index is 10.8. The minimum Gasteiger partial charge on any atom is -0.494 e. The van der Waals surface area contributed by atoms with Crippen molar-refractivity contribution in [1.82, 2.24) is 0 Å². The van der Waals surface area contributed by atoms with Crippen molar-refractivity contribution in [3.05, 3.63) is 59.7 Å². The van der Waals surface area contributed by atoms with E-state index >= 15 is 0 Å². The molecule has 2 aromatic carbocycles. The van der Waals surface area contributed by atoms with Crippen molar-refractivity contribution in [1.29, 1.82) is 0 Å². The van der Waals surface area contributed by atoms with Gasteiger partial charge in [0.2, 0.25) is 0 Å². The molecular formula is C24H32O8S2. The zero-order valence-corrected chi connectivity index (χ0v) is 21.1. The molecule has 0 fully saturated rings. The normalized spacial score (nSPS) is 12.8. The SMILES string of the molecule is CC/C(=C(/CC)c1ccc(OCCCS(=O)(=O)O)cc1)c1ccc(OCCCS(=O)(=O)O)cc1. The highest BCUT2D eigenvalue weighted by atomic mass is 32.2. The molecule has 0 saturated heterocycles. The van der Waals surface area contributed by atoms with E-state index in [2.05, 4.69) is 13.8 Å². The quantitative estimate of drug-likeness (QED) is 0.211. The van der Waals surface area contributed by atoms with Crippen LogP contribution >= 0.6 is 0 Å². The Bertz CT molecular complexity index is 1060. The fourth-order valence-electron chi connectivity index (χ4n) is 3.55. The van der Waals surface area contributed by atoms with Crippen LogP contribution in [-0.4, -0.2) is 50.7 Å². The summed E-state index contributed by atoms with van der Waals surface area (Å²) in [5.41, 5.74) is 4.52. The molecule has 10 heteroatoms. The van der Waals surface area contributed by atoms with Crippen molar-refractivity contribution in [2.24, 2.45) is 0 Å². The summed E-state index contributed by atoms with van der Waals surface area (Å²) >= 11 is 0. The number of hydrogen-bond donors (Lipinski definition) is 2. The summed E-state index contributed by atoms with van der Waals surface area (Å²) in [5, 5.41) is 0. The first kappa shape index (κ1) is 27.8. The molecule has 0 heterocycles. The van der Waals surface area contributed by atoms with E-state index in [-0.39, 0.29) is 37.6 Å². The van der Waals surface area contributed by atoms with Gasteiger partial charge < -0.3 is 9.47 Å². The summed E-state index contributed by atoms with van der Waals surface area (Å²) in [6.45, 7) is 4.58. The van der Waals surface area contributed by atoms with Gasteiger partial charge in [0.15, 0.2) is 0 Å². The molecule has 0 radical (unpaired) electrons. The molecular weight excluding hydrogens is 480 g/mol. The monoisotopic (exact) mass is 512 g/mol. The second-order valence-electron chi connectivity index (χ2n) is 7.69. The molecule has 2 N–H and O–H groups in total. The van der Waals surface area contributed by atoms with Gasteiger partial charge in [0.1, 0.15) is 11.5 Å². The molecule has 0 unspecified atom stereocenters. The highest BCUT2D eigenvalue weighted by Gasteiger charge is 2.11. The summed E-state index contributed by atoms with van der Waals surface area (Å²) in [4.78, 5) is 0. The van der Waals surface area contributed by atoms with Crippen LogP contribution in [0.2, 0.25) is 0 Å².